The minimum Gasteiger partial charge on any atom is -0.356 e. The van der Waals surface area contributed by atoms with Gasteiger partial charge in [-0.3, -0.25) is 4.79 Å². The molecule has 0 bridgehead atoms. The van der Waals surface area contributed by atoms with Crippen LogP contribution in [0.15, 0.2) is 0 Å². The van der Waals surface area contributed by atoms with Gasteiger partial charge in [0.25, 0.3) is 0 Å². The summed E-state index contributed by atoms with van der Waals surface area (Å²) >= 11 is 1.88. The van der Waals surface area contributed by atoms with Crippen molar-refractivity contribution in [3.8, 4) is 0 Å². The molecule has 1 amide bonds. The highest BCUT2D eigenvalue weighted by molar-refractivity contribution is 7.98. The Hall–Kier alpha value is -0.220. The monoisotopic (exact) mass is 232 g/mol. The second-order valence-corrected chi connectivity index (χ2v) is 4.90. The lowest BCUT2D eigenvalue weighted by Crippen LogP contribution is -2.26. The van der Waals surface area contributed by atoms with Crippen LogP contribution in [-0.2, 0) is 4.79 Å². The van der Waals surface area contributed by atoms with Gasteiger partial charge in [0.05, 0.1) is 0 Å². The Morgan fingerprint density at radius 3 is 2.73 bits per heavy atom. The Labute approximate surface area is 97.6 Å². The minimum absolute atomic E-state index is 0.123. The van der Waals surface area contributed by atoms with E-state index in [1.54, 1.807) is 0 Å². The van der Waals surface area contributed by atoms with E-state index < -0.39 is 0 Å². The summed E-state index contributed by atoms with van der Waals surface area (Å²) in [7, 11) is 0. The maximum absolute atomic E-state index is 11.3. The van der Waals surface area contributed by atoms with E-state index in [4.69, 9.17) is 5.73 Å². The second kappa shape index (κ2) is 10.3. The number of carbonyl (C=O) groups is 1. The van der Waals surface area contributed by atoms with Crippen molar-refractivity contribution >= 4 is 17.7 Å². The van der Waals surface area contributed by atoms with Crippen LogP contribution in [0.3, 0.4) is 0 Å². The standard InChI is InChI=1S/C11H24N2OS/c1-10(12)6-7-11(14)13-8-4-3-5-9-15-2/h10H,3-9,12H2,1-2H3,(H,13,14). The molecule has 0 aliphatic heterocycles. The molecule has 0 spiro atoms. The van der Waals surface area contributed by atoms with Crippen LogP contribution in [0, 0.1) is 0 Å². The highest BCUT2D eigenvalue weighted by Gasteiger charge is 2.02. The summed E-state index contributed by atoms with van der Waals surface area (Å²) in [4.78, 5) is 11.3. The fourth-order valence-electron chi connectivity index (χ4n) is 1.22. The number of amides is 1. The number of carbonyl (C=O) groups excluding carboxylic acids is 1. The quantitative estimate of drug-likeness (QED) is 0.596. The van der Waals surface area contributed by atoms with Gasteiger partial charge < -0.3 is 11.1 Å². The topological polar surface area (TPSA) is 55.1 Å². The Kier molecular flexibility index (Phi) is 10.2. The number of rotatable bonds is 9. The van der Waals surface area contributed by atoms with Crippen LogP contribution >= 0.6 is 11.8 Å². The molecule has 1 unspecified atom stereocenters. The molecule has 3 N–H and O–H groups in total. The molecule has 15 heavy (non-hydrogen) atoms. The highest BCUT2D eigenvalue weighted by atomic mass is 32.2. The third-order valence-corrected chi connectivity index (χ3v) is 2.87. The molecule has 0 fully saturated rings. The van der Waals surface area contributed by atoms with Crippen molar-refractivity contribution in [2.75, 3.05) is 18.6 Å². The van der Waals surface area contributed by atoms with E-state index in [0.29, 0.717) is 6.42 Å². The third kappa shape index (κ3) is 11.7. The van der Waals surface area contributed by atoms with Crippen molar-refractivity contribution in [2.45, 2.75) is 45.1 Å². The molecule has 0 aromatic rings. The van der Waals surface area contributed by atoms with Gasteiger partial charge in [-0.1, -0.05) is 6.42 Å². The van der Waals surface area contributed by atoms with Crippen molar-refractivity contribution in [1.29, 1.82) is 0 Å². The van der Waals surface area contributed by atoms with Crippen LogP contribution in [0.2, 0.25) is 0 Å². The number of thioether (sulfide) groups is 1. The number of nitrogens with two attached hydrogens (primary N) is 1. The van der Waals surface area contributed by atoms with Gasteiger partial charge in [-0.05, 0) is 38.2 Å². The summed E-state index contributed by atoms with van der Waals surface area (Å²) in [6, 6.07) is 0.123. The lowest BCUT2D eigenvalue weighted by atomic mass is 10.2. The average Bonchev–Trinajstić information content (AvgIpc) is 2.20. The first-order valence-electron chi connectivity index (χ1n) is 5.68. The molecule has 90 valence electrons. The van der Waals surface area contributed by atoms with E-state index in [1.165, 1.54) is 18.6 Å². The van der Waals surface area contributed by atoms with Crippen LogP contribution in [-0.4, -0.2) is 30.5 Å². The summed E-state index contributed by atoms with van der Waals surface area (Å²) in [6.07, 6.45) is 6.99. The number of nitrogens with one attached hydrogen (secondary N) is 1. The maximum Gasteiger partial charge on any atom is 0.220 e. The van der Waals surface area contributed by atoms with Crippen molar-refractivity contribution in [2.24, 2.45) is 5.73 Å². The first-order chi connectivity index (χ1) is 7.16. The summed E-state index contributed by atoms with van der Waals surface area (Å²) in [6.45, 7) is 2.74. The van der Waals surface area contributed by atoms with Gasteiger partial charge in [0.15, 0.2) is 0 Å². The zero-order valence-electron chi connectivity index (χ0n) is 9.92. The normalized spacial score (nSPS) is 12.5. The summed E-state index contributed by atoms with van der Waals surface area (Å²) in [5.41, 5.74) is 5.57. The Morgan fingerprint density at radius 2 is 2.13 bits per heavy atom. The lowest BCUT2D eigenvalue weighted by Gasteiger charge is -2.06. The first kappa shape index (κ1) is 14.8. The molecule has 0 saturated heterocycles. The van der Waals surface area contributed by atoms with E-state index in [1.807, 2.05) is 18.7 Å². The summed E-state index contributed by atoms with van der Waals surface area (Å²) in [5, 5.41) is 2.91. The van der Waals surface area contributed by atoms with Crippen molar-refractivity contribution in [3.63, 3.8) is 0 Å². The molecule has 0 aromatic carbocycles. The fourth-order valence-corrected chi connectivity index (χ4v) is 1.72. The number of hydrogen-bond donors (Lipinski definition) is 2. The van der Waals surface area contributed by atoms with Crippen LogP contribution in [0.1, 0.15) is 39.0 Å². The van der Waals surface area contributed by atoms with Crippen LogP contribution in [0.5, 0.6) is 0 Å². The molecule has 0 saturated carbocycles. The zero-order valence-corrected chi connectivity index (χ0v) is 10.7. The van der Waals surface area contributed by atoms with Crippen molar-refractivity contribution in [3.05, 3.63) is 0 Å². The van der Waals surface area contributed by atoms with Gasteiger partial charge in [0, 0.05) is 19.0 Å². The zero-order chi connectivity index (χ0) is 11.5. The smallest absolute Gasteiger partial charge is 0.220 e. The molecular formula is C11H24N2OS. The van der Waals surface area contributed by atoms with Gasteiger partial charge in [-0.15, -0.1) is 0 Å². The number of unbranched alkanes of at least 4 members (excludes halogenated alkanes) is 2. The van der Waals surface area contributed by atoms with E-state index in [9.17, 15) is 4.79 Å². The van der Waals surface area contributed by atoms with Crippen molar-refractivity contribution in [1.82, 2.24) is 5.32 Å². The van der Waals surface area contributed by atoms with E-state index >= 15 is 0 Å². The predicted molar refractivity (Wildman–Crippen MR) is 68.1 cm³/mol. The van der Waals surface area contributed by atoms with E-state index in [2.05, 4.69) is 11.6 Å². The Bertz CT molecular complexity index is 163. The summed E-state index contributed by atoms with van der Waals surface area (Å²) < 4.78 is 0. The molecule has 3 nitrogen and oxygen atoms in total. The Balaban J connectivity index is 3.17. The predicted octanol–water partition coefficient (Wildman–Crippen LogP) is 1.76. The van der Waals surface area contributed by atoms with Gasteiger partial charge in [-0.25, -0.2) is 0 Å². The highest BCUT2D eigenvalue weighted by Crippen LogP contribution is 2.01. The summed E-state index contributed by atoms with van der Waals surface area (Å²) in [5.74, 6) is 1.36. The van der Waals surface area contributed by atoms with Crippen LogP contribution < -0.4 is 11.1 Å². The molecular weight excluding hydrogens is 208 g/mol. The molecule has 0 aromatic heterocycles. The largest absolute Gasteiger partial charge is 0.356 e. The first-order valence-corrected chi connectivity index (χ1v) is 7.07. The maximum atomic E-state index is 11.3. The van der Waals surface area contributed by atoms with Gasteiger partial charge in [0.2, 0.25) is 5.91 Å². The van der Waals surface area contributed by atoms with Crippen LogP contribution in [0.4, 0.5) is 0 Å². The minimum atomic E-state index is 0.123. The van der Waals surface area contributed by atoms with Crippen molar-refractivity contribution < 1.29 is 4.79 Å². The number of hydrogen-bond acceptors (Lipinski definition) is 3. The van der Waals surface area contributed by atoms with E-state index in [-0.39, 0.29) is 11.9 Å². The van der Waals surface area contributed by atoms with Gasteiger partial charge in [-0.2, -0.15) is 11.8 Å². The molecule has 1 atom stereocenters. The molecule has 0 heterocycles. The third-order valence-electron chi connectivity index (χ3n) is 2.17. The SMILES string of the molecule is CSCCCCCNC(=O)CCC(C)N. The molecule has 0 aliphatic carbocycles. The molecule has 4 heteroatoms. The second-order valence-electron chi connectivity index (χ2n) is 3.92. The average molecular weight is 232 g/mol. The molecule has 0 rings (SSSR count). The molecule has 0 aliphatic rings. The van der Waals surface area contributed by atoms with E-state index in [0.717, 1.165) is 19.4 Å². The fraction of sp³-hybridized carbons (Fsp3) is 0.909. The van der Waals surface area contributed by atoms with Gasteiger partial charge >= 0.3 is 0 Å². The Morgan fingerprint density at radius 1 is 1.40 bits per heavy atom. The van der Waals surface area contributed by atoms with Crippen LogP contribution in [0.25, 0.3) is 0 Å². The molecule has 0 radical (unpaired) electrons. The lowest BCUT2D eigenvalue weighted by molar-refractivity contribution is -0.121. The van der Waals surface area contributed by atoms with Gasteiger partial charge in [0.1, 0.15) is 0 Å².